The van der Waals surface area contributed by atoms with Crippen molar-refractivity contribution < 1.29 is 13.2 Å². The largest absolute Gasteiger partial charge is 0.419 e. The molecule has 0 radical (unpaired) electrons. The molecule has 6 heteroatoms. The first-order chi connectivity index (χ1) is 7.70. The summed E-state index contributed by atoms with van der Waals surface area (Å²) in [7, 11) is 1.72. The number of rotatable bonds is 3. The number of nitrogens with one attached hydrogen (secondary N) is 1. The first-order valence-corrected chi connectivity index (χ1v) is 4.63. The van der Waals surface area contributed by atoms with E-state index >= 15 is 0 Å². The standard InChI is InChI=1S/C10H9F2N3O/c1-13-5-9-14-15-10(16-9)7-3-2-6(11)4-8(7)12/h2-4,13H,5H2,1H3. The van der Waals surface area contributed by atoms with E-state index in [-0.39, 0.29) is 11.5 Å². The average molecular weight is 225 g/mol. The van der Waals surface area contributed by atoms with Crippen LogP contribution in [0.5, 0.6) is 0 Å². The van der Waals surface area contributed by atoms with Gasteiger partial charge in [0.05, 0.1) is 12.1 Å². The van der Waals surface area contributed by atoms with Crippen molar-refractivity contribution in [2.75, 3.05) is 7.05 Å². The minimum absolute atomic E-state index is 0.0442. The van der Waals surface area contributed by atoms with Crippen molar-refractivity contribution >= 4 is 0 Å². The number of aromatic nitrogens is 2. The van der Waals surface area contributed by atoms with Gasteiger partial charge >= 0.3 is 0 Å². The monoisotopic (exact) mass is 225 g/mol. The van der Waals surface area contributed by atoms with Gasteiger partial charge < -0.3 is 9.73 Å². The van der Waals surface area contributed by atoms with Crippen molar-refractivity contribution in [2.24, 2.45) is 0 Å². The van der Waals surface area contributed by atoms with E-state index in [1.807, 2.05) is 0 Å². The second-order valence-corrected chi connectivity index (χ2v) is 3.16. The number of nitrogens with zero attached hydrogens (tertiary/aromatic N) is 2. The van der Waals surface area contributed by atoms with Crippen LogP contribution in [0.25, 0.3) is 11.5 Å². The maximum Gasteiger partial charge on any atom is 0.250 e. The Morgan fingerprint density at radius 2 is 2.12 bits per heavy atom. The summed E-state index contributed by atoms with van der Waals surface area (Å²) in [4.78, 5) is 0. The fourth-order valence-electron chi connectivity index (χ4n) is 1.25. The third kappa shape index (κ3) is 2.06. The van der Waals surface area contributed by atoms with Crippen LogP contribution in [0, 0.1) is 11.6 Å². The van der Waals surface area contributed by atoms with Gasteiger partial charge in [-0.1, -0.05) is 0 Å². The molecule has 0 atom stereocenters. The first-order valence-electron chi connectivity index (χ1n) is 4.63. The molecule has 1 aromatic heterocycles. The van der Waals surface area contributed by atoms with Gasteiger partial charge in [0.1, 0.15) is 11.6 Å². The Labute approximate surface area is 90.3 Å². The molecule has 1 N–H and O–H groups in total. The van der Waals surface area contributed by atoms with Crippen LogP contribution in [0.3, 0.4) is 0 Å². The normalized spacial score (nSPS) is 10.7. The molecular weight excluding hydrogens is 216 g/mol. The third-order valence-electron chi connectivity index (χ3n) is 1.96. The lowest BCUT2D eigenvalue weighted by molar-refractivity contribution is 0.486. The average Bonchev–Trinajstić information content (AvgIpc) is 2.67. The van der Waals surface area contributed by atoms with E-state index in [1.54, 1.807) is 7.05 Å². The van der Waals surface area contributed by atoms with Crippen molar-refractivity contribution in [1.29, 1.82) is 0 Å². The minimum atomic E-state index is -0.723. The number of hydrogen-bond acceptors (Lipinski definition) is 4. The summed E-state index contributed by atoms with van der Waals surface area (Å²) in [5.74, 6) is -0.972. The molecule has 0 amide bonds. The Kier molecular flexibility index (Phi) is 2.91. The fraction of sp³-hybridized carbons (Fsp3) is 0.200. The van der Waals surface area contributed by atoms with Crippen LogP contribution in [0.1, 0.15) is 5.89 Å². The summed E-state index contributed by atoms with van der Waals surface area (Å²) in [6.45, 7) is 0.399. The zero-order valence-corrected chi connectivity index (χ0v) is 8.50. The summed E-state index contributed by atoms with van der Waals surface area (Å²) in [5.41, 5.74) is 0.0938. The van der Waals surface area contributed by atoms with Crippen molar-refractivity contribution in [3.63, 3.8) is 0 Å². The predicted octanol–water partition coefficient (Wildman–Crippen LogP) is 1.73. The summed E-state index contributed by atoms with van der Waals surface area (Å²) < 4.78 is 31.2. The van der Waals surface area contributed by atoms with Crippen LogP contribution >= 0.6 is 0 Å². The van der Waals surface area contributed by atoms with Crippen molar-refractivity contribution in [3.8, 4) is 11.5 Å². The molecule has 0 fully saturated rings. The predicted molar refractivity (Wildman–Crippen MR) is 52.4 cm³/mol. The van der Waals surface area contributed by atoms with Gasteiger partial charge in [0.25, 0.3) is 5.89 Å². The molecule has 0 saturated carbocycles. The molecule has 0 unspecified atom stereocenters. The lowest BCUT2D eigenvalue weighted by Crippen LogP contribution is -2.04. The van der Waals surface area contributed by atoms with Crippen LogP contribution in [0.2, 0.25) is 0 Å². The quantitative estimate of drug-likeness (QED) is 0.864. The number of benzene rings is 1. The lowest BCUT2D eigenvalue weighted by Gasteiger charge is -1.97. The molecule has 16 heavy (non-hydrogen) atoms. The van der Waals surface area contributed by atoms with E-state index in [0.717, 1.165) is 12.1 Å². The van der Waals surface area contributed by atoms with E-state index in [2.05, 4.69) is 15.5 Å². The van der Waals surface area contributed by atoms with Gasteiger partial charge in [0.15, 0.2) is 0 Å². The van der Waals surface area contributed by atoms with E-state index in [0.29, 0.717) is 12.4 Å². The van der Waals surface area contributed by atoms with Crippen molar-refractivity contribution in [3.05, 3.63) is 35.7 Å². The highest BCUT2D eigenvalue weighted by Crippen LogP contribution is 2.21. The second kappa shape index (κ2) is 4.36. The molecule has 2 aromatic rings. The first kappa shape index (κ1) is 10.7. The Hall–Kier alpha value is -1.82. The van der Waals surface area contributed by atoms with Gasteiger partial charge in [-0.2, -0.15) is 0 Å². The smallest absolute Gasteiger partial charge is 0.250 e. The SMILES string of the molecule is CNCc1nnc(-c2ccc(F)cc2F)o1. The molecule has 0 bridgehead atoms. The molecular formula is C10H9F2N3O. The molecule has 1 heterocycles. The number of hydrogen-bond donors (Lipinski definition) is 1. The molecule has 2 rings (SSSR count). The van der Waals surface area contributed by atoms with Gasteiger partial charge in [0.2, 0.25) is 5.89 Å². The Bertz CT molecular complexity index is 499. The van der Waals surface area contributed by atoms with E-state index in [4.69, 9.17) is 4.42 Å². The molecule has 0 aliphatic rings. The lowest BCUT2D eigenvalue weighted by atomic mass is 10.2. The summed E-state index contributed by atoms with van der Waals surface area (Å²) >= 11 is 0. The summed E-state index contributed by atoms with van der Waals surface area (Å²) in [6.07, 6.45) is 0. The number of halogens is 2. The third-order valence-corrected chi connectivity index (χ3v) is 1.96. The van der Waals surface area contributed by atoms with Crippen LogP contribution < -0.4 is 5.32 Å². The maximum absolute atomic E-state index is 13.3. The van der Waals surface area contributed by atoms with E-state index in [1.165, 1.54) is 6.07 Å². The highest BCUT2D eigenvalue weighted by Gasteiger charge is 2.13. The Morgan fingerprint density at radius 3 is 2.81 bits per heavy atom. The topological polar surface area (TPSA) is 51.0 Å². The van der Waals surface area contributed by atoms with E-state index in [9.17, 15) is 8.78 Å². The van der Waals surface area contributed by atoms with Crippen LogP contribution in [-0.2, 0) is 6.54 Å². The van der Waals surface area contributed by atoms with Crippen LogP contribution in [0.15, 0.2) is 22.6 Å². The highest BCUT2D eigenvalue weighted by molar-refractivity contribution is 5.53. The van der Waals surface area contributed by atoms with E-state index < -0.39 is 11.6 Å². The van der Waals surface area contributed by atoms with Crippen LogP contribution in [0.4, 0.5) is 8.78 Å². The molecule has 0 spiro atoms. The highest BCUT2D eigenvalue weighted by atomic mass is 19.1. The summed E-state index contributed by atoms with van der Waals surface area (Å²) in [5, 5.41) is 10.2. The molecule has 0 aliphatic carbocycles. The maximum atomic E-state index is 13.3. The van der Waals surface area contributed by atoms with Crippen molar-refractivity contribution in [1.82, 2.24) is 15.5 Å². The molecule has 1 aromatic carbocycles. The zero-order valence-electron chi connectivity index (χ0n) is 8.50. The van der Waals surface area contributed by atoms with Gasteiger partial charge in [-0.05, 0) is 19.2 Å². The van der Waals surface area contributed by atoms with Crippen LogP contribution in [-0.4, -0.2) is 17.2 Å². The van der Waals surface area contributed by atoms with Crippen molar-refractivity contribution in [2.45, 2.75) is 6.54 Å². The fourth-order valence-corrected chi connectivity index (χ4v) is 1.25. The Balaban J connectivity index is 2.35. The van der Waals surface area contributed by atoms with Gasteiger partial charge in [-0.25, -0.2) is 8.78 Å². The van der Waals surface area contributed by atoms with Gasteiger partial charge in [0, 0.05) is 6.07 Å². The Morgan fingerprint density at radius 1 is 1.31 bits per heavy atom. The second-order valence-electron chi connectivity index (χ2n) is 3.16. The summed E-state index contributed by atoms with van der Waals surface area (Å²) in [6, 6.07) is 3.18. The molecule has 4 nitrogen and oxygen atoms in total. The molecule has 0 saturated heterocycles. The molecule has 84 valence electrons. The van der Waals surface area contributed by atoms with Gasteiger partial charge in [-0.3, -0.25) is 0 Å². The minimum Gasteiger partial charge on any atom is -0.419 e. The zero-order chi connectivity index (χ0) is 11.5. The van der Waals surface area contributed by atoms with Gasteiger partial charge in [-0.15, -0.1) is 10.2 Å². The molecule has 0 aliphatic heterocycles.